The molecular weight excluding hydrogens is 343 g/mol. The zero-order chi connectivity index (χ0) is 19.2. The molecule has 0 unspecified atom stereocenters. The molecule has 136 valence electrons. The van der Waals surface area contributed by atoms with Crippen LogP contribution in [0, 0.1) is 5.82 Å². The van der Waals surface area contributed by atoms with Crippen LogP contribution in [0.4, 0.5) is 4.39 Å². The highest BCUT2D eigenvalue weighted by Gasteiger charge is 2.11. The molecule has 3 rings (SSSR count). The summed E-state index contributed by atoms with van der Waals surface area (Å²) in [7, 11) is 0. The quantitative estimate of drug-likeness (QED) is 0.502. The van der Waals surface area contributed by atoms with E-state index < -0.39 is 5.97 Å². The first-order valence-corrected chi connectivity index (χ1v) is 8.49. The number of benzene rings is 3. The van der Waals surface area contributed by atoms with Crippen molar-refractivity contribution in [2.24, 2.45) is 0 Å². The number of carbonyl (C=O) groups excluding carboxylic acids is 1. The molecule has 0 amide bonds. The second-order valence-corrected chi connectivity index (χ2v) is 6.02. The van der Waals surface area contributed by atoms with E-state index in [9.17, 15) is 14.3 Å². The van der Waals surface area contributed by atoms with Crippen LogP contribution in [0.5, 0.6) is 0 Å². The van der Waals surface area contributed by atoms with Crippen LogP contribution in [0.2, 0.25) is 0 Å². The second kappa shape index (κ2) is 8.43. The van der Waals surface area contributed by atoms with Crippen molar-refractivity contribution in [1.29, 1.82) is 0 Å². The fourth-order valence-corrected chi connectivity index (χ4v) is 2.86. The molecule has 1 N–H and O–H groups in total. The maximum atomic E-state index is 14.2. The maximum Gasteiger partial charge on any atom is 0.330 e. The fourth-order valence-electron chi connectivity index (χ4n) is 2.86. The minimum absolute atomic E-state index is 0.0314. The molecule has 0 heterocycles. The van der Waals surface area contributed by atoms with E-state index in [1.165, 1.54) is 6.07 Å². The van der Waals surface area contributed by atoms with Crippen molar-refractivity contribution in [3.63, 3.8) is 0 Å². The Morgan fingerprint density at radius 3 is 2.37 bits per heavy atom. The van der Waals surface area contributed by atoms with Crippen LogP contribution >= 0.6 is 0 Å². The fraction of sp³-hybridized carbons (Fsp3) is 0.0870. The van der Waals surface area contributed by atoms with Crippen molar-refractivity contribution < 1.29 is 19.0 Å². The van der Waals surface area contributed by atoms with E-state index in [1.54, 1.807) is 18.2 Å². The van der Waals surface area contributed by atoms with Crippen LogP contribution in [0.3, 0.4) is 0 Å². The summed E-state index contributed by atoms with van der Waals surface area (Å²) in [5.74, 6) is -0.834. The molecule has 3 aromatic rings. The Bertz CT molecular complexity index is 962. The zero-order valence-corrected chi connectivity index (χ0v) is 14.7. The predicted octanol–water partition coefficient (Wildman–Crippen LogP) is 4.88. The normalized spacial score (nSPS) is 10.4. The van der Waals surface area contributed by atoms with Gasteiger partial charge in [0, 0.05) is 11.6 Å². The lowest BCUT2D eigenvalue weighted by Gasteiger charge is -2.13. The number of ether oxygens (including phenoxy) is 1. The Hall–Kier alpha value is -3.24. The summed E-state index contributed by atoms with van der Waals surface area (Å²) < 4.78 is 19.4. The van der Waals surface area contributed by atoms with Crippen molar-refractivity contribution in [2.75, 3.05) is 0 Å². The second-order valence-electron chi connectivity index (χ2n) is 6.02. The Kier molecular flexibility index (Phi) is 5.79. The van der Waals surface area contributed by atoms with Gasteiger partial charge in [-0.2, -0.15) is 0 Å². The minimum Gasteiger partial charge on any atom is -0.458 e. The number of hydrogen-bond donors (Lipinski definition) is 1. The van der Waals surface area contributed by atoms with Crippen LogP contribution in [0.1, 0.15) is 11.1 Å². The highest BCUT2D eigenvalue weighted by molar-refractivity contribution is 5.81. The van der Waals surface area contributed by atoms with Gasteiger partial charge in [-0.05, 0) is 39.9 Å². The highest BCUT2D eigenvalue weighted by atomic mass is 19.1. The lowest BCUT2D eigenvalue weighted by molar-refractivity contribution is -0.138. The summed E-state index contributed by atoms with van der Waals surface area (Å²) in [6, 6.07) is 19.5. The van der Waals surface area contributed by atoms with Crippen molar-refractivity contribution in [2.45, 2.75) is 13.2 Å². The lowest BCUT2D eigenvalue weighted by Crippen LogP contribution is -2.02. The summed E-state index contributed by atoms with van der Waals surface area (Å²) in [5.41, 5.74) is 4.53. The van der Waals surface area contributed by atoms with Gasteiger partial charge in [-0.25, -0.2) is 9.18 Å². The van der Waals surface area contributed by atoms with Crippen LogP contribution in [-0.2, 0) is 22.7 Å². The van der Waals surface area contributed by atoms with E-state index in [0.717, 1.165) is 28.3 Å². The first-order chi connectivity index (χ1) is 13.1. The zero-order valence-electron chi connectivity index (χ0n) is 14.7. The van der Waals surface area contributed by atoms with Crippen molar-refractivity contribution in [1.82, 2.24) is 0 Å². The van der Waals surface area contributed by atoms with Gasteiger partial charge in [0.25, 0.3) is 0 Å². The van der Waals surface area contributed by atoms with Crippen LogP contribution in [0.15, 0.2) is 79.4 Å². The first kappa shape index (κ1) is 18.5. The molecule has 0 fully saturated rings. The molecule has 0 saturated carbocycles. The van der Waals surface area contributed by atoms with Crippen molar-refractivity contribution >= 4 is 5.97 Å². The van der Waals surface area contributed by atoms with Crippen LogP contribution in [0.25, 0.3) is 22.3 Å². The Labute approximate surface area is 157 Å². The largest absolute Gasteiger partial charge is 0.458 e. The standard InChI is InChI=1S/C23H19FO3/c1-2-23(26)27-15-19-13-18(21-5-3-4-6-22(21)24)11-12-20(19)17-9-7-16(14-25)8-10-17/h2-13,25H,1,14-15H2. The van der Waals surface area contributed by atoms with Gasteiger partial charge < -0.3 is 9.84 Å². The Morgan fingerprint density at radius 2 is 1.70 bits per heavy atom. The third kappa shape index (κ3) is 4.30. The molecule has 4 heteroatoms. The summed E-state index contributed by atoms with van der Waals surface area (Å²) in [6.07, 6.45) is 1.11. The van der Waals surface area contributed by atoms with Gasteiger partial charge in [0.15, 0.2) is 0 Å². The van der Waals surface area contributed by atoms with E-state index in [1.807, 2.05) is 42.5 Å². The smallest absolute Gasteiger partial charge is 0.330 e. The number of aliphatic hydroxyl groups excluding tert-OH is 1. The van der Waals surface area contributed by atoms with E-state index in [-0.39, 0.29) is 19.0 Å². The SMILES string of the molecule is C=CC(=O)OCc1cc(-c2ccccc2F)ccc1-c1ccc(CO)cc1. The number of halogens is 1. The van der Waals surface area contributed by atoms with Crippen molar-refractivity contribution in [3.8, 4) is 22.3 Å². The number of hydrogen-bond acceptors (Lipinski definition) is 3. The third-order valence-corrected chi connectivity index (χ3v) is 4.27. The van der Waals surface area contributed by atoms with E-state index >= 15 is 0 Å². The molecule has 0 atom stereocenters. The molecule has 0 saturated heterocycles. The molecule has 3 nitrogen and oxygen atoms in total. The maximum absolute atomic E-state index is 14.2. The number of esters is 1. The molecule has 0 radical (unpaired) electrons. The van der Waals surface area contributed by atoms with E-state index in [4.69, 9.17) is 4.74 Å². The minimum atomic E-state index is -0.520. The molecule has 0 bridgehead atoms. The topological polar surface area (TPSA) is 46.5 Å². The van der Waals surface area contributed by atoms with Gasteiger partial charge in [0.1, 0.15) is 12.4 Å². The van der Waals surface area contributed by atoms with Gasteiger partial charge in [0.05, 0.1) is 6.61 Å². The van der Waals surface area contributed by atoms with Gasteiger partial charge in [-0.1, -0.05) is 61.2 Å². The molecule has 27 heavy (non-hydrogen) atoms. The average molecular weight is 362 g/mol. The average Bonchev–Trinajstić information content (AvgIpc) is 2.72. The highest BCUT2D eigenvalue weighted by Crippen LogP contribution is 2.31. The predicted molar refractivity (Wildman–Crippen MR) is 103 cm³/mol. The van der Waals surface area contributed by atoms with Crippen LogP contribution < -0.4 is 0 Å². The van der Waals surface area contributed by atoms with E-state index in [2.05, 4.69) is 6.58 Å². The molecule has 0 spiro atoms. The molecule has 0 aliphatic carbocycles. The lowest BCUT2D eigenvalue weighted by atomic mass is 9.94. The molecule has 3 aromatic carbocycles. The van der Waals surface area contributed by atoms with Gasteiger partial charge in [0.2, 0.25) is 0 Å². The number of rotatable bonds is 6. The van der Waals surface area contributed by atoms with E-state index in [0.29, 0.717) is 11.1 Å². The van der Waals surface area contributed by atoms with Crippen molar-refractivity contribution in [3.05, 3.63) is 96.3 Å². The summed E-state index contributed by atoms with van der Waals surface area (Å²) in [4.78, 5) is 11.5. The first-order valence-electron chi connectivity index (χ1n) is 8.49. The monoisotopic (exact) mass is 362 g/mol. The van der Waals surface area contributed by atoms with Gasteiger partial charge in [-0.3, -0.25) is 0 Å². The number of carbonyl (C=O) groups is 1. The van der Waals surface area contributed by atoms with Gasteiger partial charge in [-0.15, -0.1) is 0 Å². The van der Waals surface area contributed by atoms with Gasteiger partial charge >= 0.3 is 5.97 Å². The number of aliphatic hydroxyl groups is 1. The molecule has 0 aliphatic heterocycles. The third-order valence-electron chi connectivity index (χ3n) is 4.27. The summed E-state index contributed by atoms with van der Waals surface area (Å²) in [5, 5.41) is 9.21. The molecular formula is C23H19FO3. The summed E-state index contributed by atoms with van der Waals surface area (Å²) >= 11 is 0. The Balaban J connectivity index is 2.04. The summed E-state index contributed by atoms with van der Waals surface area (Å²) in [6.45, 7) is 3.42. The molecule has 0 aliphatic rings. The molecule has 0 aromatic heterocycles. The Morgan fingerprint density at radius 1 is 1.00 bits per heavy atom. The van der Waals surface area contributed by atoms with Crippen LogP contribution in [-0.4, -0.2) is 11.1 Å².